The molecular formula is C19H28N2O5. The van der Waals surface area contributed by atoms with E-state index in [-0.39, 0.29) is 11.9 Å². The van der Waals surface area contributed by atoms with E-state index < -0.39 is 11.2 Å². The molecule has 1 aliphatic carbocycles. The third-order valence-corrected chi connectivity index (χ3v) is 5.55. The van der Waals surface area contributed by atoms with E-state index >= 15 is 0 Å². The fourth-order valence-corrected chi connectivity index (χ4v) is 4.27. The zero-order valence-corrected chi connectivity index (χ0v) is 15.4. The number of rotatable bonds is 7. The number of imidazole rings is 1. The van der Waals surface area contributed by atoms with Crippen molar-refractivity contribution in [3.63, 3.8) is 0 Å². The highest BCUT2D eigenvalue weighted by atomic mass is 16.7. The molecule has 1 aromatic rings. The lowest BCUT2D eigenvalue weighted by atomic mass is 9.66. The molecule has 2 aliphatic rings. The molecule has 7 nitrogen and oxygen atoms in total. The first-order chi connectivity index (χ1) is 12.6. The summed E-state index contributed by atoms with van der Waals surface area (Å²) in [6, 6.07) is 0. The van der Waals surface area contributed by atoms with Gasteiger partial charge >= 0.3 is 5.97 Å². The van der Waals surface area contributed by atoms with Crippen LogP contribution in [-0.4, -0.2) is 47.0 Å². The molecule has 2 fully saturated rings. The minimum absolute atomic E-state index is 0.0133. The van der Waals surface area contributed by atoms with Crippen molar-refractivity contribution in [1.29, 1.82) is 0 Å². The molecule has 0 N–H and O–H groups in total. The third kappa shape index (κ3) is 3.55. The minimum Gasteiger partial charge on any atom is -0.465 e. The van der Waals surface area contributed by atoms with E-state index in [1.54, 1.807) is 12.4 Å². The maximum absolute atomic E-state index is 12.9. The van der Waals surface area contributed by atoms with Gasteiger partial charge in [0.1, 0.15) is 11.7 Å². The molecule has 0 aromatic carbocycles. The van der Waals surface area contributed by atoms with Crippen LogP contribution in [0.25, 0.3) is 0 Å². The predicted octanol–water partition coefficient (Wildman–Crippen LogP) is 2.95. The Morgan fingerprint density at radius 2 is 1.96 bits per heavy atom. The Kier molecular flexibility index (Phi) is 6.09. The molecular weight excluding hydrogens is 336 g/mol. The van der Waals surface area contributed by atoms with Gasteiger partial charge in [-0.1, -0.05) is 12.8 Å². The highest BCUT2D eigenvalue weighted by Crippen LogP contribution is 2.53. The standard InChI is InChI=1S/C19H28N2O5/c1-2-24-17(23)18(9-5-6-10-19(18)25-13-14-26-19)8-4-3-7-16(22)21-12-11-20-15-21/h11-12,15H,2-10,13-14H2,1H3/t18-/m1/s1. The minimum atomic E-state index is -0.855. The molecule has 1 atom stereocenters. The molecule has 1 spiro atoms. The van der Waals surface area contributed by atoms with Gasteiger partial charge in [-0.3, -0.25) is 14.2 Å². The molecule has 0 amide bonds. The van der Waals surface area contributed by atoms with Crippen LogP contribution in [0.2, 0.25) is 0 Å². The lowest BCUT2D eigenvalue weighted by molar-refractivity contribution is -0.261. The van der Waals surface area contributed by atoms with Gasteiger partial charge in [0.2, 0.25) is 5.91 Å². The van der Waals surface area contributed by atoms with Gasteiger partial charge in [-0.2, -0.15) is 0 Å². The van der Waals surface area contributed by atoms with Crippen molar-refractivity contribution in [2.75, 3.05) is 19.8 Å². The Bertz CT molecular complexity index is 609. The summed E-state index contributed by atoms with van der Waals surface area (Å²) in [5.74, 6) is -1.06. The van der Waals surface area contributed by atoms with Crippen LogP contribution in [0.3, 0.4) is 0 Å². The van der Waals surface area contributed by atoms with Crippen LogP contribution in [0.1, 0.15) is 63.1 Å². The van der Waals surface area contributed by atoms with Crippen LogP contribution in [0.5, 0.6) is 0 Å². The molecule has 0 bridgehead atoms. The number of carbonyl (C=O) groups excluding carboxylic acids is 2. The average Bonchev–Trinajstić information content (AvgIpc) is 3.33. The Labute approximate surface area is 154 Å². The Balaban J connectivity index is 1.66. The monoisotopic (exact) mass is 364 g/mol. The van der Waals surface area contributed by atoms with Gasteiger partial charge < -0.3 is 14.2 Å². The Hall–Kier alpha value is -1.73. The molecule has 26 heavy (non-hydrogen) atoms. The van der Waals surface area contributed by atoms with Gasteiger partial charge in [-0.05, 0) is 32.6 Å². The second-order valence-electron chi connectivity index (χ2n) is 7.03. The Morgan fingerprint density at radius 3 is 2.65 bits per heavy atom. The van der Waals surface area contributed by atoms with Crippen LogP contribution in [-0.2, 0) is 19.0 Å². The largest absolute Gasteiger partial charge is 0.465 e. The van der Waals surface area contributed by atoms with E-state index in [1.165, 1.54) is 10.9 Å². The number of aromatic nitrogens is 2. The molecule has 3 rings (SSSR count). The van der Waals surface area contributed by atoms with E-state index in [9.17, 15) is 9.59 Å². The SMILES string of the molecule is CCOC(=O)[C@@]1(CCCCC(=O)n2ccnc2)CCCCC12OCCO2. The van der Waals surface area contributed by atoms with Crippen LogP contribution < -0.4 is 0 Å². The summed E-state index contributed by atoms with van der Waals surface area (Å²) in [4.78, 5) is 28.9. The zero-order chi connectivity index (χ0) is 18.5. The number of ether oxygens (including phenoxy) is 3. The van der Waals surface area contributed by atoms with Gasteiger partial charge in [0.15, 0.2) is 5.79 Å². The maximum atomic E-state index is 12.9. The van der Waals surface area contributed by atoms with Crippen LogP contribution in [0, 0.1) is 5.41 Å². The number of hydrogen-bond acceptors (Lipinski definition) is 6. The second kappa shape index (κ2) is 8.31. The lowest BCUT2D eigenvalue weighted by Gasteiger charge is -2.48. The molecule has 1 saturated heterocycles. The molecule has 7 heteroatoms. The third-order valence-electron chi connectivity index (χ3n) is 5.55. The number of nitrogens with zero attached hydrogens (tertiary/aromatic N) is 2. The molecule has 144 valence electrons. The van der Waals surface area contributed by atoms with E-state index in [2.05, 4.69) is 4.98 Å². The van der Waals surface area contributed by atoms with Gasteiger partial charge in [0.05, 0.1) is 19.8 Å². The summed E-state index contributed by atoms with van der Waals surface area (Å²) in [6.07, 6.45) is 10.6. The molecule has 1 saturated carbocycles. The van der Waals surface area contributed by atoms with Gasteiger partial charge in [-0.15, -0.1) is 0 Å². The summed E-state index contributed by atoms with van der Waals surface area (Å²) >= 11 is 0. The molecule has 1 aromatic heterocycles. The summed E-state index contributed by atoms with van der Waals surface area (Å²) in [7, 11) is 0. The van der Waals surface area contributed by atoms with Crippen LogP contribution >= 0.6 is 0 Å². The van der Waals surface area contributed by atoms with Crippen molar-refractivity contribution < 1.29 is 23.8 Å². The number of esters is 1. The summed E-state index contributed by atoms with van der Waals surface area (Å²) in [5, 5.41) is 0. The first kappa shape index (κ1) is 19.0. The lowest BCUT2D eigenvalue weighted by Crippen LogP contribution is -2.56. The zero-order valence-electron chi connectivity index (χ0n) is 15.4. The predicted molar refractivity (Wildman–Crippen MR) is 93.5 cm³/mol. The van der Waals surface area contributed by atoms with Crippen molar-refractivity contribution in [3.05, 3.63) is 18.7 Å². The van der Waals surface area contributed by atoms with Crippen molar-refractivity contribution in [1.82, 2.24) is 9.55 Å². The average molecular weight is 364 g/mol. The smallest absolute Gasteiger partial charge is 0.317 e. The van der Waals surface area contributed by atoms with Crippen molar-refractivity contribution in [2.24, 2.45) is 5.41 Å². The highest BCUT2D eigenvalue weighted by Gasteiger charge is 2.61. The topological polar surface area (TPSA) is 79.7 Å². The van der Waals surface area contributed by atoms with Crippen molar-refractivity contribution in [3.8, 4) is 0 Å². The van der Waals surface area contributed by atoms with Crippen LogP contribution in [0.4, 0.5) is 0 Å². The fourth-order valence-electron chi connectivity index (χ4n) is 4.27. The molecule has 1 aliphatic heterocycles. The van der Waals surface area contributed by atoms with E-state index in [4.69, 9.17) is 14.2 Å². The maximum Gasteiger partial charge on any atom is 0.317 e. The van der Waals surface area contributed by atoms with Crippen molar-refractivity contribution >= 4 is 11.9 Å². The van der Waals surface area contributed by atoms with E-state index in [0.29, 0.717) is 45.5 Å². The normalized spacial score (nSPS) is 24.7. The number of unbranched alkanes of at least 4 members (excludes halogenated alkanes) is 1. The molecule has 0 radical (unpaired) electrons. The number of hydrogen-bond donors (Lipinski definition) is 0. The van der Waals surface area contributed by atoms with Crippen molar-refractivity contribution in [2.45, 2.75) is 64.1 Å². The summed E-state index contributed by atoms with van der Waals surface area (Å²) < 4.78 is 18.9. The first-order valence-electron chi connectivity index (χ1n) is 9.60. The highest BCUT2D eigenvalue weighted by molar-refractivity contribution is 5.79. The number of carbonyl (C=O) groups is 2. The Morgan fingerprint density at radius 1 is 1.19 bits per heavy atom. The molecule has 0 unspecified atom stereocenters. The van der Waals surface area contributed by atoms with E-state index in [1.807, 2.05) is 6.92 Å². The quantitative estimate of drug-likeness (QED) is 0.547. The van der Waals surface area contributed by atoms with E-state index in [0.717, 1.165) is 25.7 Å². The van der Waals surface area contributed by atoms with Gasteiger partial charge in [-0.25, -0.2) is 4.98 Å². The first-order valence-corrected chi connectivity index (χ1v) is 9.60. The fraction of sp³-hybridized carbons (Fsp3) is 0.737. The van der Waals surface area contributed by atoms with Crippen LogP contribution in [0.15, 0.2) is 18.7 Å². The van der Waals surface area contributed by atoms with Gasteiger partial charge in [0.25, 0.3) is 0 Å². The molecule has 2 heterocycles. The van der Waals surface area contributed by atoms with Gasteiger partial charge in [0, 0.05) is 25.2 Å². The summed E-state index contributed by atoms with van der Waals surface area (Å²) in [5.41, 5.74) is -0.768. The second-order valence-corrected chi connectivity index (χ2v) is 7.03. The summed E-state index contributed by atoms with van der Waals surface area (Å²) in [6.45, 7) is 3.19.